The van der Waals surface area contributed by atoms with Crippen molar-refractivity contribution in [1.82, 2.24) is 9.88 Å². The molecular formula is C22H20FN3O2S. The average Bonchev–Trinajstić information content (AvgIpc) is 3.29. The standard InChI is InChI=1S/C22H20FN3O2S/c23-18-8-6-15(7-9-18)16-3-1-5-19(11-16)25-21(27)17-4-2-10-26(13-17)22(28)20-12-24-14-29-20/h1,3,5-9,11-12,14,17H,2,4,10,13H2,(H,25,27). The first kappa shape index (κ1) is 19.3. The number of hydrogen-bond acceptors (Lipinski definition) is 4. The topological polar surface area (TPSA) is 62.3 Å². The van der Waals surface area contributed by atoms with Crippen LogP contribution in [0.1, 0.15) is 22.5 Å². The molecule has 2 amide bonds. The van der Waals surface area contributed by atoms with Crippen LogP contribution < -0.4 is 5.32 Å². The Morgan fingerprint density at radius 2 is 1.97 bits per heavy atom. The van der Waals surface area contributed by atoms with Crippen molar-refractivity contribution in [2.45, 2.75) is 12.8 Å². The van der Waals surface area contributed by atoms with Gasteiger partial charge in [0.2, 0.25) is 5.91 Å². The second-order valence-corrected chi connectivity index (χ2v) is 7.92. The van der Waals surface area contributed by atoms with Gasteiger partial charge in [0, 0.05) is 18.8 Å². The van der Waals surface area contributed by atoms with E-state index in [1.165, 1.54) is 23.5 Å². The minimum absolute atomic E-state index is 0.0664. The molecule has 5 nitrogen and oxygen atoms in total. The van der Waals surface area contributed by atoms with E-state index in [1.807, 2.05) is 24.3 Å². The zero-order valence-corrected chi connectivity index (χ0v) is 16.5. The van der Waals surface area contributed by atoms with E-state index in [9.17, 15) is 14.0 Å². The third-order valence-corrected chi connectivity index (χ3v) is 5.79. The Bertz CT molecular complexity index is 1010. The monoisotopic (exact) mass is 409 g/mol. The molecule has 2 heterocycles. The Labute approximate surface area is 172 Å². The van der Waals surface area contributed by atoms with E-state index in [4.69, 9.17) is 0 Å². The highest BCUT2D eigenvalue weighted by atomic mass is 32.1. The molecule has 1 saturated heterocycles. The first-order valence-corrected chi connectivity index (χ1v) is 10.3. The molecule has 4 rings (SSSR count). The minimum atomic E-state index is -0.284. The summed E-state index contributed by atoms with van der Waals surface area (Å²) in [6.45, 7) is 1.06. The van der Waals surface area contributed by atoms with E-state index in [1.54, 1.807) is 28.7 Å². The highest BCUT2D eigenvalue weighted by Crippen LogP contribution is 2.25. The molecule has 1 N–H and O–H groups in total. The van der Waals surface area contributed by atoms with Crippen LogP contribution in [0.3, 0.4) is 0 Å². The van der Waals surface area contributed by atoms with Crippen molar-refractivity contribution in [3.05, 3.63) is 70.9 Å². The number of benzene rings is 2. The van der Waals surface area contributed by atoms with Crippen LogP contribution in [0.15, 0.2) is 60.2 Å². The van der Waals surface area contributed by atoms with Gasteiger partial charge >= 0.3 is 0 Å². The Balaban J connectivity index is 1.43. The van der Waals surface area contributed by atoms with Gasteiger partial charge in [-0.15, -0.1) is 11.3 Å². The largest absolute Gasteiger partial charge is 0.337 e. The normalized spacial score (nSPS) is 16.4. The molecule has 0 radical (unpaired) electrons. The highest BCUT2D eigenvalue weighted by Gasteiger charge is 2.29. The number of piperidine rings is 1. The summed E-state index contributed by atoms with van der Waals surface area (Å²) in [6.07, 6.45) is 3.10. The highest BCUT2D eigenvalue weighted by molar-refractivity contribution is 7.11. The van der Waals surface area contributed by atoms with Gasteiger partial charge in [-0.25, -0.2) is 4.39 Å². The fraction of sp³-hybridized carbons (Fsp3) is 0.227. The number of rotatable bonds is 4. The van der Waals surface area contributed by atoms with Gasteiger partial charge in [-0.1, -0.05) is 24.3 Å². The van der Waals surface area contributed by atoms with Crippen LogP contribution in [0.4, 0.5) is 10.1 Å². The molecule has 0 saturated carbocycles. The first-order chi connectivity index (χ1) is 14.1. The zero-order valence-electron chi connectivity index (χ0n) is 15.7. The molecule has 1 atom stereocenters. The predicted molar refractivity (Wildman–Crippen MR) is 111 cm³/mol. The van der Waals surface area contributed by atoms with Gasteiger partial charge in [0.15, 0.2) is 0 Å². The summed E-state index contributed by atoms with van der Waals surface area (Å²) in [5, 5.41) is 2.97. The van der Waals surface area contributed by atoms with Gasteiger partial charge in [0.25, 0.3) is 5.91 Å². The van der Waals surface area contributed by atoms with E-state index in [2.05, 4.69) is 10.3 Å². The van der Waals surface area contributed by atoms with Crippen LogP contribution >= 0.6 is 11.3 Å². The molecule has 0 aliphatic carbocycles. The maximum Gasteiger partial charge on any atom is 0.265 e. The molecule has 1 aromatic heterocycles. The quantitative estimate of drug-likeness (QED) is 0.693. The number of amides is 2. The summed E-state index contributed by atoms with van der Waals surface area (Å²) < 4.78 is 13.2. The molecule has 1 fully saturated rings. The molecular weight excluding hydrogens is 389 g/mol. The number of halogens is 1. The first-order valence-electron chi connectivity index (χ1n) is 9.45. The number of carbonyl (C=O) groups is 2. The van der Waals surface area contributed by atoms with Crippen LogP contribution in [0, 0.1) is 11.7 Å². The van der Waals surface area contributed by atoms with Crippen molar-refractivity contribution in [3.63, 3.8) is 0 Å². The molecule has 29 heavy (non-hydrogen) atoms. The second-order valence-electron chi connectivity index (χ2n) is 7.03. The van der Waals surface area contributed by atoms with Gasteiger partial charge in [0.1, 0.15) is 10.7 Å². The molecule has 3 aromatic rings. The molecule has 2 aromatic carbocycles. The third-order valence-electron chi connectivity index (χ3n) is 5.03. The maximum absolute atomic E-state index is 13.2. The number of nitrogens with zero attached hydrogens (tertiary/aromatic N) is 2. The SMILES string of the molecule is O=C(Nc1cccc(-c2ccc(F)cc2)c1)C1CCCN(C(=O)c2cncs2)C1. The van der Waals surface area contributed by atoms with Gasteiger partial charge in [0.05, 0.1) is 17.6 Å². The van der Waals surface area contributed by atoms with E-state index < -0.39 is 0 Å². The summed E-state index contributed by atoms with van der Waals surface area (Å²) in [6, 6.07) is 13.7. The lowest BCUT2D eigenvalue weighted by Gasteiger charge is -2.31. The molecule has 0 spiro atoms. The number of likely N-dealkylation sites (tertiary alicyclic amines) is 1. The van der Waals surface area contributed by atoms with Gasteiger partial charge in [-0.05, 0) is 48.2 Å². The molecule has 0 bridgehead atoms. The summed E-state index contributed by atoms with van der Waals surface area (Å²) in [4.78, 5) is 31.6. The van der Waals surface area contributed by atoms with Crippen molar-refractivity contribution in [2.75, 3.05) is 18.4 Å². The number of nitrogens with one attached hydrogen (secondary N) is 1. The summed E-state index contributed by atoms with van der Waals surface area (Å²) in [5.41, 5.74) is 4.09. The van der Waals surface area contributed by atoms with E-state index in [0.717, 1.165) is 24.0 Å². The lowest BCUT2D eigenvalue weighted by molar-refractivity contribution is -0.121. The third kappa shape index (κ3) is 4.51. The van der Waals surface area contributed by atoms with E-state index in [0.29, 0.717) is 23.7 Å². The zero-order chi connectivity index (χ0) is 20.2. The molecule has 1 aliphatic rings. The van der Waals surface area contributed by atoms with Crippen LogP contribution in [-0.4, -0.2) is 34.8 Å². The maximum atomic E-state index is 13.2. The minimum Gasteiger partial charge on any atom is -0.337 e. The lowest BCUT2D eigenvalue weighted by Crippen LogP contribution is -2.43. The van der Waals surface area contributed by atoms with Crippen LogP contribution in [0.2, 0.25) is 0 Å². The van der Waals surface area contributed by atoms with Crippen molar-refractivity contribution < 1.29 is 14.0 Å². The van der Waals surface area contributed by atoms with Crippen molar-refractivity contribution in [2.24, 2.45) is 5.92 Å². The van der Waals surface area contributed by atoms with Crippen LogP contribution in [-0.2, 0) is 4.79 Å². The summed E-state index contributed by atoms with van der Waals surface area (Å²) in [7, 11) is 0. The fourth-order valence-corrected chi connectivity index (χ4v) is 4.10. The fourth-order valence-electron chi connectivity index (χ4n) is 3.52. The molecule has 148 valence electrons. The Kier molecular flexibility index (Phi) is 5.67. The number of anilines is 1. The van der Waals surface area contributed by atoms with Gasteiger partial charge in [-0.2, -0.15) is 0 Å². The summed E-state index contributed by atoms with van der Waals surface area (Å²) in [5.74, 6) is -0.700. The Morgan fingerprint density at radius 1 is 1.14 bits per heavy atom. The van der Waals surface area contributed by atoms with E-state index >= 15 is 0 Å². The van der Waals surface area contributed by atoms with Crippen molar-refractivity contribution in [3.8, 4) is 11.1 Å². The van der Waals surface area contributed by atoms with Crippen molar-refractivity contribution >= 4 is 28.8 Å². The second kappa shape index (κ2) is 8.53. The molecule has 1 unspecified atom stereocenters. The molecule has 7 heteroatoms. The number of carbonyl (C=O) groups excluding carboxylic acids is 2. The molecule has 1 aliphatic heterocycles. The summed E-state index contributed by atoms with van der Waals surface area (Å²) >= 11 is 1.31. The van der Waals surface area contributed by atoms with Crippen LogP contribution in [0.5, 0.6) is 0 Å². The van der Waals surface area contributed by atoms with E-state index in [-0.39, 0.29) is 23.5 Å². The number of hydrogen-bond donors (Lipinski definition) is 1. The average molecular weight is 409 g/mol. The lowest BCUT2D eigenvalue weighted by atomic mass is 9.96. The predicted octanol–water partition coefficient (Wildman–Crippen LogP) is 4.44. The van der Waals surface area contributed by atoms with Gasteiger partial charge in [-0.3, -0.25) is 14.6 Å². The number of aromatic nitrogens is 1. The Hall–Kier alpha value is -3.06. The smallest absolute Gasteiger partial charge is 0.265 e. The van der Waals surface area contributed by atoms with Gasteiger partial charge < -0.3 is 10.2 Å². The Morgan fingerprint density at radius 3 is 2.72 bits per heavy atom. The number of thiazole rings is 1. The van der Waals surface area contributed by atoms with Crippen LogP contribution in [0.25, 0.3) is 11.1 Å². The van der Waals surface area contributed by atoms with Crippen molar-refractivity contribution in [1.29, 1.82) is 0 Å².